The number of amides is 1. The second-order valence-electron chi connectivity index (χ2n) is 4.58. The molecule has 1 fully saturated rings. The molecule has 3 nitrogen and oxygen atoms in total. The maximum Gasteiger partial charge on any atom is 0.257 e. The molecule has 1 aliphatic rings. The fourth-order valence-electron chi connectivity index (χ4n) is 2.14. The monoisotopic (exact) mass is 297 g/mol. The van der Waals surface area contributed by atoms with Crippen LogP contribution in [0.3, 0.4) is 0 Å². The average Bonchev–Trinajstić information content (AvgIpc) is 2.76. The SMILES string of the molecule is Cc1ccc(C(=O)N2CCC(CBr)C2)c(O)c1. The molecular weight excluding hydrogens is 282 g/mol. The molecule has 1 aliphatic heterocycles. The average molecular weight is 298 g/mol. The molecule has 17 heavy (non-hydrogen) atoms. The fraction of sp³-hybridized carbons (Fsp3) is 0.462. The van der Waals surface area contributed by atoms with Crippen LogP contribution in [-0.2, 0) is 0 Å². The number of carbonyl (C=O) groups is 1. The highest BCUT2D eigenvalue weighted by Crippen LogP contribution is 2.24. The van der Waals surface area contributed by atoms with Gasteiger partial charge in [0.25, 0.3) is 5.91 Å². The Bertz CT molecular complexity index is 433. The van der Waals surface area contributed by atoms with E-state index in [9.17, 15) is 9.90 Å². The number of aromatic hydroxyl groups is 1. The number of rotatable bonds is 2. The van der Waals surface area contributed by atoms with Gasteiger partial charge in [0.05, 0.1) is 5.56 Å². The van der Waals surface area contributed by atoms with Crippen LogP contribution >= 0.6 is 15.9 Å². The summed E-state index contributed by atoms with van der Waals surface area (Å²) in [6.45, 7) is 3.45. The van der Waals surface area contributed by atoms with Gasteiger partial charge in [-0.3, -0.25) is 4.79 Å². The number of alkyl halides is 1. The zero-order valence-electron chi connectivity index (χ0n) is 9.82. The standard InChI is InChI=1S/C13H16BrNO2/c1-9-2-3-11(12(16)6-9)13(17)15-5-4-10(7-14)8-15/h2-3,6,10,16H,4-5,7-8H2,1H3. The Morgan fingerprint density at radius 2 is 2.35 bits per heavy atom. The predicted molar refractivity (Wildman–Crippen MR) is 70.6 cm³/mol. The first-order valence-electron chi connectivity index (χ1n) is 5.76. The third-order valence-corrected chi connectivity index (χ3v) is 4.09. The molecule has 1 N–H and O–H groups in total. The van der Waals surface area contributed by atoms with E-state index in [0.29, 0.717) is 11.5 Å². The number of aryl methyl sites for hydroxylation is 1. The maximum atomic E-state index is 12.2. The zero-order chi connectivity index (χ0) is 12.4. The van der Waals surface area contributed by atoms with Crippen molar-refractivity contribution in [2.75, 3.05) is 18.4 Å². The van der Waals surface area contributed by atoms with Gasteiger partial charge >= 0.3 is 0 Å². The van der Waals surface area contributed by atoms with E-state index < -0.39 is 0 Å². The molecule has 4 heteroatoms. The normalized spacial score (nSPS) is 19.6. The molecule has 1 amide bonds. The van der Waals surface area contributed by atoms with Gasteiger partial charge in [-0.15, -0.1) is 0 Å². The summed E-state index contributed by atoms with van der Waals surface area (Å²) in [4.78, 5) is 14.0. The van der Waals surface area contributed by atoms with Crippen molar-refractivity contribution in [3.05, 3.63) is 29.3 Å². The van der Waals surface area contributed by atoms with Crippen LogP contribution in [0.15, 0.2) is 18.2 Å². The summed E-state index contributed by atoms with van der Waals surface area (Å²) in [7, 11) is 0. The van der Waals surface area contributed by atoms with E-state index in [0.717, 1.165) is 30.4 Å². The number of halogens is 1. The molecule has 0 bridgehead atoms. The molecule has 0 spiro atoms. The first-order chi connectivity index (χ1) is 8.11. The van der Waals surface area contributed by atoms with Gasteiger partial charge in [-0.2, -0.15) is 0 Å². The maximum absolute atomic E-state index is 12.2. The summed E-state index contributed by atoms with van der Waals surface area (Å²) >= 11 is 3.45. The number of nitrogens with zero attached hydrogens (tertiary/aromatic N) is 1. The molecule has 0 aliphatic carbocycles. The summed E-state index contributed by atoms with van der Waals surface area (Å²) in [5.41, 5.74) is 1.37. The minimum atomic E-state index is -0.0639. The van der Waals surface area contributed by atoms with Gasteiger partial charge in [-0.25, -0.2) is 0 Å². The lowest BCUT2D eigenvalue weighted by Gasteiger charge is -2.17. The quantitative estimate of drug-likeness (QED) is 0.853. The molecule has 92 valence electrons. The second-order valence-corrected chi connectivity index (χ2v) is 5.23. The van der Waals surface area contributed by atoms with Crippen molar-refractivity contribution in [3.8, 4) is 5.75 Å². The van der Waals surface area contributed by atoms with Gasteiger partial charge in [0, 0.05) is 18.4 Å². The Morgan fingerprint density at radius 3 is 2.94 bits per heavy atom. The van der Waals surface area contributed by atoms with Crippen molar-refractivity contribution in [2.24, 2.45) is 5.92 Å². The van der Waals surface area contributed by atoms with E-state index in [1.807, 2.05) is 17.9 Å². The summed E-state index contributed by atoms with van der Waals surface area (Å²) in [5.74, 6) is 0.551. The lowest BCUT2D eigenvalue weighted by molar-refractivity contribution is 0.0785. The summed E-state index contributed by atoms with van der Waals surface area (Å²) in [6, 6.07) is 5.19. The Balaban J connectivity index is 2.15. The van der Waals surface area contributed by atoms with Crippen molar-refractivity contribution in [1.82, 2.24) is 4.90 Å². The number of phenols is 1. The van der Waals surface area contributed by atoms with E-state index in [1.54, 1.807) is 12.1 Å². The Hall–Kier alpha value is -1.03. The predicted octanol–water partition coefficient (Wildman–Crippen LogP) is 2.56. The first-order valence-corrected chi connectivity index (χ1v) is 6.89. The number of hydrogen-bond acceptors (Lipinski definition) is 2. The van der Waals surface area contributed by atoms with Crippen molar-refractivity contribution in [3.63, 3.8) is 0 Å². The molecule has 1 saturated heterocycles. The van der Waals surface area contributed by atoms with E-state index in [-0.39, 0.29) is 11.7 Å². The van der Waals surface area contributed by atoms with Crippen molar-refractivity contribution >= 4 is 21.8 Å². The molecule has 1 aromatic carbocycles. The molecular formula is C13H16BrNO2. The van der Waals surface area contributed by atoms with Gasteiger partial charge in [-0.1, -0.05) is 22.0 Å². The van der Waals surface area contributed by atoms with Crippen LogP contribution < -0.4 is 0 Å². The van der Waals surface area contributed by atoms with E-state index in [1.165, 1.54) is 0 Å². The van der Waals surface area contributed by atoms with Crippen LogP contribution in [0.5, 0.6) is 5.75 Å². The minimum Gasteiger partial charge on any atom is -0.507 e. The van der Waals surface area contributed by atoms with Gasteiger partial charge in [0.15, 0.2) is 0 Å². The van der Waals surface area contributed by atoms with Gasteiger partial charge in [-0.05, 0) is 37.0 Å². The second kappa shape index (κ2) is 5.08. The zero-order valence-corrected chi connectivity index (χ0v) is 11.4. The van der Waals surface area contributed by atoms with Crippen LogP contribution in [0.4, 0.5) is 0 Å². The third-order valence-electron chi connectivity index (χ3n) is 3.17. The van der Waals surface area contributed by atoms with Gasteiger partial charge in [0.1, 0.15) is 5.75 Å². The lowest BCUT2D eigenvalue weighted by atomic mass is 10.1. The van der Waals surface area contributed by atoms with Gasteiger partial charge in [0.2, 0.25) is 0 Å². The topological polar surface area (TPSA) is 40.5 Å². The highest BCUT2D eigenvalue weighted by Gasteiger charge is 2.27. The third kappa shape index (κ3) is 2.63. The summed E-state index contributed by atoms with van der Waals surface area (Å²) in [5, 5.41) is 10.7. The van der Waals surface area contributed by atoms with Crippen LogP contribution in [0.2, 0.25) is 0 Å². The van der Waals surface area contributed by atoms with Crippen LogP contribution in [0.25, 0.3) is 0 Å². The van der Waals surface area contributed by atoms with Crippen molar-refractivity contribution in [2.45, 2.75) is 13.3 Å². The molecule has 0 aromatic heterocycles. The summed E-state index contributed by atoms with van der Waals surface area (Å²) < 4.78 is 0. The van der Waals surface area contributed by atoms with Crippen LogP contribution in [0, 0.1) is 12.8 Å². The lowest BCUT2D eigenvalue weighted by Crippen LogP contribution is -2.28. The fourth-order valence-corrected chi connectivity index (χ4v) is 2.66. The first kappa shape index (κ1) is 12.4. The molecule has 2 rings (SSSR count). The Kier molecular flexibility index (Phi) is 3.72. The number of likely N-dealkylation sites (tertiary alicyclic amines) is 1. The van der Waals surface area contributed by atoms with Crippen molar-refractivity contribution < 1.29 is 9.90 Å². The summed E-state index contributed by atoms with van der Waals surface area (Å²) in [6.07, 6.45) is 1.03. The molecule has 0 saturated carbocycles. The smallest absolute Gasteiger partial charge is 0.257 e. The number of benzene rings is 1. The van der Waals surface area contributed by atoms with E-state index in [4.69, 9.17) is 0 Å². The molecule has 1 aromatic rings. The Morgan fingerprint density at radius 1 is 1.59 bits per heavy atom. The number of phenolic OH excluding ortho intramolecular Hbond substituents is 1. The van der Waals surface area contributed by atoms with Crippen molar-refractivity contribution in [1.29, 1.82) is 0 Å². The van der Waals surface area contributed by atoms with Crippen LogP contribution in [0.1, 0.15) is 22.3 Å². The number of carbonyl (C=O) groups excluding carboxylic acids is 1. The molecule has 1 unspecified atom stereocenters. The highest BCUT2D eigenvalue weighted by atomic mass is 79.9. The molecule has 1 heterocycles. The minimum absolute atomic E-state index is 0.0639. The van der Waals surface area contributed by atoms with E-state index in [2.05, 4.69) is 15.9 Å². The largest absolute Gasteiger partial charge is 0.507 e. The number of hydrogen-bond donors (Lipinski definition) is 1. The Labute approximate surface area is 110 Å². The highest BCUT2D eigenvalue weighted by molar-refractivity contribution is 9.09. The molecule has 1 atom stereocenters. The molecule has 0 radical (unpaired) electrons. The van der Waals surface area contributed by atoms with Gasteiger partial charge < -0.3 is 10.0 Å². The van der Waals surface area contributed by atoms with E-state index >= 15 is 0 Å². The van der Waals surface area contributed by atoms with Crippen LogP contribution in [-0.4, -0.2) is 34.3 Å².